The van der Waals surface area contributed by atoms with E-state index in [1.165, 1.54) is 6.07 Å². The first-order valence-corrected chi connectivity index (χ1v) is 6.71. The van der Waals surface area contributed by atoms with Crippen LogP contribution in [0.15, 0.2) is 18.2 Å². The molecule has 4 nitrogen and oxygen atoms in total. The van der Waals surface area contributed by atoms with Crippen molar-refractivity contribution < 1.29 is 19.4 Å². The first-order chi connectivity index (χ1) is 9.15. The average molecular weight is 283 g/mol. The summed E-state index contributed by atoms with van der Waals surface area (Å²) in [6.07, 6.45) is 0.576. The van der Waals surface area contributed by atoms with Gasteiger partial charge in [0, 0.05) is 28.8 Å². The predicted molar refractivity (Wildman–Crippen MR) is 72.2 cm³/mol. The van der Waals surface area contributed by atoms with Gasteiger partial charge in [0.05, 0.1) is 0 Å². The Kier molecular flexibility index (Phi) is 4.47. The molecule has 0 saturated heterocycles. The number of aliphatic hydroxyl groups is 1. The van der Waals surface area contributed by atoms with E-state index in [-0.39, 0.29) is 18.0 Å². The van der Waals surface area contributed by atoms with Crippen molar-refractivity contribution in [3.05, 3.63) is 34.5 Å². The molecule has 3 N–H and O–H groups in total. The van der Waals surface area contributed by atoms with Gasteiger partial charge >= 0.3 is 5.97 Å². The highest BCUT2D eigenvalue weighted by Crippen LogP contribution is 2.33. The molecule has 0 amide bonds. The van der Waals surface area contributed by atoms with E-state index in [0.29, 0.717) is 28.6 Å². The van der Waals surface area contributed by atoms with E-state index in [0.717, 1.165) is 11.3 Å². The molecule has 0 bridgehead atoms. The summed E-state index contributed by atoms with van der Waals surface area (Å²) in [7, 11) is 0. The number of carboxylic acids is 1. The summed E-state index contributed by atoms with van der Waals surface area (Å²) in [6.45, 7) is 0.904. The molecule has 0 spiro atoms. The van der Waals surface area contributed by atoms with Crippen LogP contribution in [0.4, 0.5) is 4.39 Å². The number of halogens is 1. The van der Waals surface area contributed by atoms with Gasteiger partial charge in [-0.2, -0.15) is 0 Å². The van der Waals surface area contributed by atoms with Crippen molar-refractivity contribution in [3.63, 3.8) is 0 Å². The van der Waals surface area contributed by atoms with E-state index < -0.39 is 11.8 Å². The first kappa shape index (κ1) is 13.9. The summed E-state index contributed by atoms with van der Waals surface area (Å²) < 4.78 is 14.5. The van der Waals surface area contributed by atoms with Crippen molar-refractivity contribution in [2.45, 2.75) is 13.0 Å². The van der Waals surface area contributed by atoms with E-state index in [1.807, 2.05) is 0 Å². The van der Waals surface area contributed by atoms with Gasteiger partial charge in [-0.3, -0.25) is 0 Å². The van der Waals surface area contributed by atoms with Crippen LogP contribution in [0.25, 0.3) is 10.1 Å². The molecule has 1 aromatic carbocycles. The lowest BCUT2D eigenvalue weighted by molar-refractivity contribution is 0.0701. The topological polar surface area (TPSA) is 69.6 Å². The van der Waals surface area contributed by atoms with Crippen LogP contribution in [0.2, 0.25) is 0 Å². The van der Waals surface area contributed by atoms with E-state index in [1.54, 1.807) is 12.1 Å². The lowest BCUT2D eigenvalue weighted by Crippen LogP contribution is -2.17. The maximum atomic E-state index is 13.8. The van der Waals surface area contributed by atoms with Gasteiger partial charge < -0.3 is 15.5 Å². The molecule has 0 aliphatic heterocycles. The van der Waals surface area contributed by atoms with Crippen molar-refractivity contribution in [2.75, 3.05) is 13.2 Å². The van der Waals surface area contributed by atoms with Crippen LogP contribution in [0, 0.1) is 5.82 Å². The Morgan fingerprint density at radius 2 is 2.21 bits per heavy atom. The first-order valence-electron chi connectivity index (χ1n) is 5.90. The van der Waals surface area contributed by atoms with E-state index in [4.69, 9.17) is 5.11 Å². The number of thiophene rings is 1. The third-order valence-electron chi connectivity index (χ3n) is 2.77. The van der Waals surface area contributed by atoms with Gasteiger partial charge in [-0.05, 0) is 25.1 Å². The van der Waals surface area contributed by atoms with Crippen LogP contribution in [-0.4, -0.2) is 29.3 Å². The number of hydrogen-bond acceptors (Lipinski definition) is 4. The molecular weight excluding hydrogens is 269 g/mol. The molecule has 0 aliphatic carbocycles. The number of aromatic carboxylic acids is 1. The van der Waals surface area contributed by atoms with Gasteiger partial charge in [-0.25, -0.2) is 9.18 Å². The number of carboxylic acid groups (broad SMARTS) is 1. The fourth-order valence-corrected chi connectivity index (χ4v) is 3.00. The van der Waals surface area contributed by atoms with Gasteiger partial charge in [-0.15, -0.1) is 11.3 Å². The summed E-state index contributed by atoms with van der Waals surface area (Å²) in [5.41, 5.74) is 0.475. The molecule has 102 valence electrons. The Balaban J connectivity index is 2.37. The third-order valence-corrected chi connectivity index (χ3v) is 3.96. The Bertz CT molecular complexity index is 597. The summed E-state index contributed by atoms with van der Waals surface area (Å²) in [5, 5.41) is 21.3. The molecule has 0 fully saturated rings. The highest BCUT2D eigenvalue weighted by Gasteiger charge is 2.19. The zero-order valence-corrected chi connectivity index (χ0v) is 11.0. The molecule has 0 unspecified atom stereocenters. The Hall–Kier alpha value is -1.50. The average Bonchev–Trinajstić information content (AvgIpc) is 2.75. The van der Waals surface area contributed by atoms with Crippen molar-refractivity contribution in [1.82, 2.24) is 5.32 Å². The second-order valence-corrected chi connectivity index (χ2v) is 5.13. The molecule has 0 atom stereocenters. The lowest BCUT2D eigenvalue weighted by atomic mass is 10.1. The maximum Gasteiger partial charge on any atom is 0.346 e. The number of carbonyl (C=O) groups is 1. The largest absolute Gasteiger partial charge is 0.477 e. The molecule has 1 heterocycles. The molecule has 2 aromatic rings. The third kappa shape index (κ3) is 2.91. The predicted octanol–water partition coefficient (Wildman–Crippen LogP) is 2.21. The second-order valence-electron chi connectivity index (χ2n) is 4.08. The quantitative estimate of drug-likeness (QED) is 0.711. The van der Waals surface area contributed by atoms with Gasteiger partial charge in [0.2, 0.25) is 0 Å². The zero-order chi connectivity index (χ0) is 13.8. The Morgan fingerprint density at radius 3 is 2.89 bits per heavy atom. The van der Waals surface area contributed by atoms with Crippen LogP contribution in [0.3, 0.4) is 0 Å². The van der Waals surface area contributed by atoms with E-state index in [2.05, 4.69) is 5.32 Å². The number of aliphatic hydroxyl groups excluding tert-OH is 1. The van der Waals surface area contributed by atoms with E-state index >= 15 is 0 Å². The van der Waals surface area contributed by atoms with Gasteiger partial charge in [-0.1, -0.05) is 6.07 Å². The fourth-order valence-electron chi connectivity index (χ4n) is 1.93. The van der Waals surface area contributed by atoms with Crippen molar-refractivity contribution >= 4 is 27.4 Å². The zero-order valence-electron chi connectivity index (χ0n) is 10.1. The highest BCUT2D eigenvalue weighted by molar-refractivity contribution is 7.21. The molecule has 0 radical (unpaired) electrons. The molecule has 6 heteroatoms. The molecule has 0 aliphatic rings. The summed E-state index contributed by atoms with van der Waals surface area (Å²) >= 11 is 1.08. The second kappa shape index (κ2) is 6.10. The van der Waals surface area contributed by atoms with Crippen LogP contribution >= 0.6 is 11.3 Å². The molecule has 1 aromatic heterocycles. The number of nitrogens with one attached hydrogen (secondary N) is 1. The van der Waals surface area contributed by atoms with Crippen LogP contribution in [0.5, 0.6) is 0 Å². The number of fused-ring (bicyclic) bond motifs is 1. The monoisotopic (exact) mass is 283 g/mol. The molecule has 0 saturated carbocycles. The van der Waals surface area contributed by atoms with Gasteiger partial charge in [0.15, 0.2) is 0 Å². The number of hydrogen-bond donors (Lipinski definition) is 3. The fraction of sp³-hybridized carbons (Fsp3) is 0.308. The maximum absolute atomic E-state index is 13.8. The van der Waals surface area contributed by atoms with Crippen LogP contribution in [0.1, 0.15) is 21.7 Å². The van der Waals surface area contributed by atoms with Gasteiger partial charge in [0.25, 0.3) is 0 Å². The standard InChI is InChI=1S/C13H14FNO3S/c14-9-3-1-4-10-11(9)8(7-15-5-2-6-16)12(19-10)13(17)18/h1,3-4,15-16H,2,5-7H2,(H,17,18). The number of rotatable bonds is 6. The molecular formula is C13H14FNO3S. The summed E-state index contributed by atoms with van der Waals surface area (Å²) in [5.74, 6) is -1.44. The van der Waals surface area contributed by atoms with Crippen LogP contribution in [-0.2, 0) is 6.54 Å². The summed E-state index contributed by atoms with van der Waals surface area (Å²) in [6, 6.07) is 4.62. The molecule has 19 heavy (non-hydrogen) atoms. The van der Waals surface area contributed by atoms with Crippen molar-refractivity contribution in [1.29, 1.82) is 0 Å². The molecule has 2 rings (SSSR count). The van der Waals surface area contributed by atoms with Crippen molar-refractivity contribution in [3.8, 4) is 0 Å². The summed E-state index contributed by atoms with van der Waals surface area (Å²) in [4.78, 5) is 11.4. The Morgan fingerprint density at radius 1 is 1.42 bits per heavy atom. The Labute approximate surface area is 113 Å². The SMILES string of the molecule is O=C(O)c1sc2cccc(F)c2c1CNCCCO. The smallest absolute Gasteiger partial charge is 0.346 e. The highest BCUT2D eigenvalue weighted by atomic mass is 32.1. The minimum Gasteiger partial charge on any atom is -0.477 e. The van der Waals surface area contributed by atoms with E-state index in [9.17, 15) is 14.3 Å². The van der Waals surface area contributed by atoms with Gasteiger partial charge in [0.1, 0.15) is 10.7 Å². The normalized spacial score (nSPS) is 11.1. The minimum absolute atomic E-state index is 0.0670. The number of benzene rings is 1. The minimum atomic E-state index is -1.04. The lowest BCUT2D eigenvalue weighted by Gasteiger charge is -2.05. The van der Waals surface area contributed by atoms with Crippen LogP contribution < -0.4 is 5.32 Å². The van der Waals surface area contributed by atoms with Crippen molar-refractivity contribution in [2.24, 2.45) is 0 Å².